The van der Waals surface area contributed by atoms with Crippen LogP contribution >= 0.6 is 11.6 Å². The van der Waals surface area contributed by atoms with Crippen LogP contribution in [0.3, 0.4) is 0 Å². The van der Waals surface area contributed by atoms with Crippen LogP contribution in [-0.2, 0) is 0 Å². The number of anilines is 1. The summed E-state index contributed by atoms with van der Waals surface area (Å²) in [6.07, 6.45) is 1.93. The van der Waals surface area contributed by atoms with Gasteiger partial charge in [-0.25, -0.2) is 4.39 Å². The number of pyridine rings is 1. The first-order chi connectivity index (χ1) is 15.1. The summed E-state index contributed by atoms with van der Waals surface area (Å²) in [5, 5.41) is 20.7. The second-order valence-electron chi connectivity index (χ2n) is 8.42. The van der Waals surface area contributed by atoms with Crippen LogP contribution in [0.4, 0.5) is 10.1 Å². The summed E-state index contributed by atoms with van der Waals surface area (Å²) < 4.78 is 17.1. The fraction of sp³-hybridized carbons (Fsp3) is 0.292. The van der Waals surface area contributed by atoms with Gasteiger partial charge in [-0.05, 0) is 58.4 Å². The van der Waals surface area contributed by atoms with Crippen LogP contribution in [0.25, 0.3) is 5.65 Å². The van der Waals surface area contributed by atoms with Gasteiger partial charge in [0, 0.05) is 34.1 Å². The zero-order chi connectivity index (χ0) is 23.3. The Hall–Kier alpha value is -3.19. The van der Waals surface area contributed by atoms with Crippen molar-refractivity contribution >= 4 is 28.6 Å². The molecule has 0 spiro atoms. The average Bonchev–Trinajstić information content (AvgIpc) is 3.20. The third-order valence-electron chi connectivity index (χ3n) is 5.60. The molecule has 0 amide bonds. The van der Waals surface area contributed by atoms with Gasteiger partial charge in [-0.3, -0.25) is 4.40 Å². The Bertz CT molecular complexity index is 1290. The van der Waals surface area contributed by atoms with Crippen molar-refractivity contribution in [1.29, 1.82) is 5.41 Å². The molecule has 3 heterocycles. The maximum atomic E-state index is 15.2. The fourth-order valence-electron chi connectivity index (χ4n) is 4.24. The molecule has 1 aliphatic rings. The predicted octanol–water partition coefficient (Wildman–Crippen LogP) is 5.51. The average molecular weight is 453 g/mol. The van der Waals surface area contributed by atoms with E-state index in [4.69, 9.17) is 17.0 Å². The van der Waals surface area contributed by atoms with Gasteiger partial charge in [-0.2, -0.15) is 0 Å². The number of nitrogens with zero attached hydrogens (tertiary/aromatic N) is 4. The lowest BCUT2D eigenvalue weighted by Gasteiger charge is -2.30. The minimum atomic E-state index is -0.577. The Labute approximate surface area is 191 Å². The van der Waals surface area contributed by atoms with Crippen LogP contribution in [0.2, 0.25) is 5.02 Å². The second-order valence-corrected chi connectivity index (χ2v) is 8.86. The van der Waals surface area contributed by atoms with E-state index in [1.807, 2.05) is 49.3 Å². The minimum absolute atomic E-state index is 0.107. The highest BCUT2D eigenvalue weighted by molar-refractivity contribution is 6.30. The molecule has 0 saturated carbocycles. The van der Waals surface area contributed by atoms with Crippen molar-refractivity contribution in [1.82, 2.24) is 19.9 Å². The molecule has 166 valence electrons. The van der Waals surface area contributed by atoms with Crippen LogP contribution in [0.1, 0.15) is 43.8 Å². The van der Waals surface area contributed by atoms with Crippen molar-refractivity contribution in [2.24, 2.45) is 0 Å². The molecular weight excluding hydrogens is 427 g/mol. The molecule has 1 atom stereocenters. The van der Waals surface area contributed by atoms with E-state index in [0.29, 0.717) is 27.6 Å². The van der Waals surface area contributed by atoms with Gasteiger partial charge in [-0.1, -0.05) is 24.2 Å². The van der Waals surface area contributed by atoms with Gasteiger partial charge in [0.2, 0.25) is 0 Å². The van der Waals surface area contributed by atoms with Gasteiger partial charge in [0.1, 0.15) is 11.6 Å². The summed E-state index contributed by atoms with van der Waals surface area (Å²) in [6, 6.07) is 6.18. The molecule has 2 N–H and O–H groups in total. The largest absolute Gasteiger partial charge is 0.381 e. The number of hydrogen-bond acceptors (Lipinski definition) is 5. The number of halogens is 2. The predicted molar refractivity (Wildman–Crippen MR) is 127 cm³/mol. The van der Waals surface area contributed by atoms with Crippen molar-refractivity contribution in [3.8, 4) is 0 Å². The molecule has 8 heteroatoms. The van der Waals surface area contributed by atoms with Gasteiger partial charge in [0.05, 0.1) is 23.1 Å². The van der Waals surface area contributed by atoms with Crippen molar-refractivity contribution < 1.29 is 4.39 Å². The summed E-state index contributed by atoms with van der Waals surface area (Å²) in [4.78, 5) is 1.97. The Kier molecular flexibility index (Phi) is 5.54. The Morgan fingerprint density at radius 2 is 1.97 bits per heavy atom. The van der Waals surface area contributed by atoms with Crippen LogP contribution in [0.15, 0.2) is 54.0 Å². The van der Waals surface area contributed by atoms with Crippen molar-refractivity contribution in [3.05, 3.63) is 81.8 Å². The number of benzene rings is 1. The van der Waals surface area contributed by atoms with E-state index in [-0.39, 0.29) is 6.04 Å². The molecule has 0 aliphatic carbocycles. The van der Waals surface area contributed by atoms with E-state index < -0.39 is 11.9 Å². The van der Waals surface area contributed by atoms with Crippen LogP contribution in [-0.4, -0.2) is 26.4 Å². The maximum absolute atomic E-state index is 15.2. The highest BCUT2D eigenvalue weighted by atomic mass is 35.5. The van der Waals surface area contributed by atoms with E-state index in [1.54, 1.807) is 19.1 Å². The van der Waals surface area contributed by atoms with E-state index in [0.717, 1.165) is 28.4 Å². The molecule has 2 aromatic heterocycles. The second kappa shape index (κ2) is 8.06. The first kappa shape index (κ1) is 22.0. The third-order valence-corrected chi connectivity index (χ3v) is 5.83. The van der Waals surface area contributed by atoms with E-state index >= 15 is 4.39 Å². The van der Waals surface area contributed by atoms with Crippen LogP contribution < -0.4 is 10.2 Å². The molecular formula is C24H26ClFN6. The standard InChI is InChI=1S/C24H26ClFN6/c1-12(2)28-22-15(5)32(18-9-13(3)24-30-29-16(6)31(24)11-18)23(21(22)14(4)27)19-8-7-17(25)10-20(19)26/h7-12,23,27-28H,5H2,1-4,6H3. The molecule has 0 bridgehead atoms. The Morgan fingerprint density at radius 3 is 2.59 bits per heavy atom. The maximum Gasteiger partial charge on any atom is 0.163 e. The molecule has 32 heavy (non-hydrogen) atoms. The lowest BCUT2D eigenvalue weighted by molar-refractivity contribution is 0.598. The van der Waals surface area contributed by atoms with E-state index in [1.165, 1.54) is 6.07 Å². The van der Waals surface area contributed by atoms with Crippen LogP contribution in [0, 0.1) is 25.1 Å². The molecule has 4 rings (SSSR count). The minimum Gasteiger partial charge on any atom is -0.381 e. The molecule has 3 aromatic rings. The number of fused-ring (bicyclic) bond motifs is 1. The monoisotopic (exact) mass is 452 g/mol. The first-order valence-corrected chi connectivity index (χ1v) is 10.8. The molecule has 0 radical (unpaired) electrons. The van der Waals surface area contributed by atoms with Crippen molar-refractivity contribution in [3.63, 3.8) is 0 Å². The lowest BCUT2D eigenvalue weighted by atomic mass is 9.95. The molecule has 6 nitrogen and oxygen atoms in total. The number of rotatable bonds is 5. The quantitative estimate of drug-likeness (QED) is 0.501. The van der Waals surface area contributed by atoms with Crippen molar-refractivity contribution in [2.75, 3.05) is 4.90 Å². The molecule has 1 aromatic carbocycles. The normalized spacial score (nSPS) is 16.6. The Morgan fingerprint density at radius 1 is 1.25 bits per heavy atom. The fourth-order valence-corrected chi connectivity index (χ4v) is 4.40. The molecule has 1 aliphatic heterocycles. The van der Waals surface area contributed by atoms with Crippen LogP contribution in [0.5, 0.6) is 0 Å². The summed E-state index contributed by atoms with van der Waals surface area (Å²) in [5.74, 6) is 0.323. The van der Waals surface area contributed by atoms with E-state index in [2.05, 4.69) is 22.1 Å². The zero-order valence-electron chi connectivity index (χ0n) is 18.8. The first-order valence-electron chi connectivity index (χ1n) is 10.4. The van der Waals surface area contributed by atoms with Crippen molar-refractivity contribution in [2.45, 2.75) is 46.7 Å². The van der Waals surface area contributed by atoms with Gasteiger partial charge in [-0.15, -0.1) is 10.2 Å². The Balaban J connectivity index is 1.99. The summed E-state index contributed by atoms with van der Waals surface area (Å²) >= 11 is 6.04. The third kappa shape index (κ3) is 3.56. The van der Waals surface area contributed by atoms with Gasteiger partial charge >= 0.3 is 0 Å². The molecule has 0 fully saturated rings. The van der Waals surface area contributed by atoms with E-state index in [9.17, 15) is 0 Å². The number of aryl methyl sites for hydroxylation is 2. The highest BCUT2D eigenvalue weighted by Crippen LogP contribution is 2.46. The zero-order valence-corrected chi connectivity index (χ0v) is 19.5. The molecule has 0 saturated heterocycles. The van der Waals surface area contributed by atoms with Gasteiger partial charge in [0.15, 0.2) is 5.65 Å². The summed E-state index contributed by atoms with van der Waals surface area (Å²) in [6.45, 7) is 14.0. The number of hydrogen-bond donors (Lipinski definition) is 2. The van der Waals surface area contributed by atoms with Gasteiger partial charge < -0.3 is 15.6 Å². The van der Waals surface area contributed by atoms with Gasteiger partial charge in [0.25, 0.3) is 0 Å². The smallest absolute Gasteiger partial charge is 0.163 e. The number of aromatic nitrogens is 3. The summed E-state index contributed by atoms with van der Waals surface area (Å²) in [7, 11) is 0. The molecule has 1 unspecified atom stereocenters. The SMILES string of the molecule is C=C1C(NC(C)C)=C(C(C)=N)C(c2ccc(Cl)cc2F)N1c1cc(C)c2nnc(C)n2c1. The summed E-state index contributed by atoms with van der Waals surface area (Å²) in [5.41, 5.74) is 5.37. The number of nitrogens with one attached hydrogen (secondary N) is 2. The highest BCUT2D eigenvalue weighted by Gasteiger charge is 2.40. The topological polar surface area (TPSA) is 69.3 Å². The lowest BCUT2D eigenvalue weighted by Crippen LogP contribution is -2.27.